The topological polar surface area (TPSA) is 92.1 Å². The number of carbonyl (C=O) groups excluding carboxylic acids is 1. The lowest BCUT2D eigenvalue weighted by atomic mass is 9.83. The molecular formula is C22H21N3O3S. The van der Waals surface area contributed by atoms with E-state index >= 15 is 0 Å². The molecule has 2 aromatic rings. The van der Waals surface area contributed by atoms with E-state index in [1.807, 2.05) is 18.2 Å². The van der Waals surface area contributed by atoms with E-state index < -0.39 is 22.7 Å². The fourth-order valence-corrected chi connectivity index (χ4v) is 4.35. The number of nitrogens with one attached hydrogen (secondary N) is 1. The van der Waals surface area contributed by atoms with Gasteiger partial charge in [0, 0.05) is 22.5 Å². The third kappa shape index (κ3) is 4.44. The van der Waals surface area contributed by atoms with Crippen molar-refractivity contribution in [3.63, 3.8) is 0 Å². The van der Waals surface area contributed by atoms with E-state index in [-0.39, 0.29) is 17.9 Å². The summed E-state index contributed by atoms with van der Waals surface area (Å²) in [5.41, 5.74) is 2.32. The van der Waals surface area contributed by atoms with Gasteiger partial charge in [-0.1, -0.05) is 24.3 Å². The second kappa shape index (κ2) is 9.30. The van der Waals surface area contributed by atoms with Crippen LogP contribution in [0.15, 0.2) is 82.2 Å². The molecule has 0 saturated carbocycles. The standard InChI is InChI=1S/C22H21N3O3S/c1-3-28-22(26)21-19(14-29(27)16-9-5-4-6-10-16)25-15(2)17(13-23)20(21)18-11-7-8-12-24-18/h4-12,20,25H,3,14H2,1-2H3. The Hall–Kier alpha value is -3.24. The number of rotatable bonds is 6. The number of allylic oxidation sites excluding steroid dienone is 2. The number of hydrogen-bond donors (Lipinski definition) is 1. The summed E-state index contributed by atoms with van der Waals surface area (Å²) in [6.45, 7) is 3.68. The molecule has 3 rings (SSSR count). The molecule has 6 nitrogen and oxygen atoms in total. The van der Waals surface area contributed by atoms with Gasteiger partial charge in [0.25, 0.3) is 0 Å². The highest BCUT2D eigenvalue weighted by Gasteiger charge is 2.36. The normalized spacial score (nSPS) is 17.3. The maximum Gasteiger partial charge on any atom is 0.336 e. The van der Waals surface area contributed by atoms with Crippen molar-refractivity contribution >= 4 is 16.8 Å². The molecule has 1 aliphatic heterocycles. The first-order chi connectivity index (χ1) is 14.1. The molecule has 0 amide bonds. The van der Waals surface area contributed by atoms with Gasteiger partial charge in [-0.05, 0) is 38.1 Å². The second-order valence-electron chi connectivity index (χ2n) is 6.38. The first-order valence-electron chi connectivity index (χ1n) is 9.19. The summed E-state index contributed by atoms with van der Waals surface area (Å²) in [5.74, 6) is -1.13. The quantitative estimate of drug-likeness (QED) is 0.740. The number of benzene rings is 1. The number of ether oxygens (including phenoxy) is 1. The van der Waals surface area contributed by atoms with Crippen LogP contribution in [0.25, 0.3) is 0 Å². The van der Waals surface area contributed by atoms with E-state index in [2.05, 4.69) is 16.4 Å². The smallest absolute Gasteiger partial charge is 0.336 e. The number of nitrogens with zero attached hydrogens (tertiary/aromatic N) is 2. The van der Waals surface area contributed by atoms with Gasteiger partial charge in [-0.25, -0.2) is 4.79 Å². The predicted molar refractivity (Wildman–Crippen MR) is 110 cm³/mol. The van der Waals surface area contributed by atoms with Crippen molar-refractivity contribution < 1.29 is 13.7 Å². The van der Waals surface area contributed by atoms with Crippen LogP contribution in [0.2, 0.25) is 0 Å². The predicted octanol–water partition coefficient (Wildman–Crippen LogP) is 3.19. The van der Waals surface area contributed by atoms with Crippen LogP contribution in [-0.2, 0) is 20.3 Å². The zero-order chi connectivity index (χ0) is 20.8. The molecule has 1 aromatic heterocycles. The second-order valence-corrected chi connectivity index (χ2v) is 7.83. The van der Waals surface area contributed by atoms with Crippen LogP contribution < -0.4 is 5.32 Å². The van der Waals surface area contributed by atoms with Crippen molar-refractivity contribution in [2.24, 2.45) is 0 Å². The molecule has 0 spiro atoms. The monoisotopic (exact) mass is 407 g/mol. The van der Waals surface area contributed by atoms with Crippen LogP contribution in [-0.4, -0.2) is 27.5 Å². The third-order valence-electron chi connectivity index (χ3n) is 4.53. The molecule has 148 valence electrons. The molecule has 7 heteroatoms. The van der Waals surface area contributed by atoms with Gasteiger partial charge in [-0.15, -0.1) is 0 Å². The minimum Gasteiger partial charge on any atom is -0.463 e. The molecule has 2 unspecified atom stereocenters. The molecule has 2 atom stereocenters. The van der Waals surface area contributed by atoms with Gasteiger partial charge in [0.2, 0.25) is 0 Å². The minimum absolute atomic E-state index is 0.0948. The van der Waals surface area contributed by atoms with Crippen LogP contribution in [0.5, 0.6) is 0 Å². The Morgan fingerprint density at radius 3 is 2.59 bits per heavy atom. The van der Waals surface area contributed by atoms with Gasteiger partial charge < -0.3 is 10.1 Å². The van der Waals surface area contributed by atoms with Crippen LogP contribution in [0.3, 0.4) is 0 Å². The van der Waals surface area contributed by atoms with Crippen LogP contribution in [0, 0.1) is 11.3 Å². The molecule has 1 N–H and O–H groups in total. The van der Waals surface area contributed by atoms with Gasteiger partial charge in [0.15, 0.2) is 0 Å². The molecule has 0 radical (unpaired) electrons. The van der Waals surface area contributed by atoms with E-state index in [0.29, 0.717) is 27.6 Å². The van der Waals surface area contributed by atoms with Crippen LogP contribution in [0.1, 0.15) is 25.5 Å². The van der Waals surface area contributed by atoms with Gasteiger partial charge in [-0.3, -0.25) is 9.19 Å². The van der Waals surface area contributed by atoms with E-state index in [4.69, 9.17) is 4.74 Å². The van der Waals surface area contributed by atoms with Crippen LogP contribution >= 0.6 is 0 Å². The number of dihydropyridines is 1. The molecule has 1 aliphatic rings. The summed E-state index contributed by atoms with van der Waals surface area (Å²) in [6.07, 6.45) is 1.62. The van der Waals surface area contributed by atoms with E-state index in [9.17, 15) is 14.3 Å². The molecule has 2 heterocycles. The number of carbonyl (C=O) groups is 1. The largest absolute Gasteiger partial charge is 0.463 e. The van der Waals surface area contributed by atoms with Crippen molar-refractivity contribution in [1.29, 1.82) is 5.26 Å². The van der Waals surface area contributed by atoms with Crippen molar-refractivity contribution in [3.8, 4) is 6.07 Å². The lowest BCUT2D eigenvalue weighted by Crippen LogP contribution is -2.32. The lowest BCUT2D eigenvalue weighted by Gasteiger charge is -2.29. The highest BCUT2D eigenvalue weighted by molar-refractivity contribution is 7.85. The number of hydrogen-bond acceptors (Lipinski definition) is 6. The minimum atomic E-state index is -1.38. The summed E-state index contributed by atoms with van der Waals surface area (Å²) in [7, 11) is -1.38. The summed E-state index contributed by atoms with van der Waals surface area (Å²) in [6, 6.07) is 16.6. The Labute approximate surface area is 172 Å². The van der Waals surface area contributed by atoms with E-state index in [1.54, 1.807) is 50.4 Å². The van der Waals surface area contributed by atoms with Crippen molar-refractivity contribution in [2.45, 2.75) is 24.7 Å². The van der Waals surface area contributed by atoms with Crippen LogP contribution in [0.4, 0.5) is 0 Å². The van der Waals surface area contributed by atoms with Gasteiger partial charge >= 0.3 is 5.97 Å². The van der Waals surface area contributed by atoms with Gasteiger partial charge in [-0.2, -0.15) is 5.26 Å². The lowest BCUT2D eigenvalue weighted by molar-refractivity contribution is -0.138. The Morgan fingerprint density at radius 1 is 1.24 bits per heavy atom. The highest BCUT2D eigenvalue weighted by atomic mass is 32.2. The molecule has 0 fully saturated rings. The molecule has 0 saturated heterocycles. The average molecular weight is 407 g/mol. The van der Waals surface area contributed by atoms with Gasteiger partial charge in [0.05, 0.1) is 52.0 Å². The number of aromatic nitrogens is 1. The first kappa shape index (κ1) is 20.5. The molecule has 0 bridgehead atoms. The maximum absolute atomic E-state index is 12.9. The SMILES string of the molecule is CCOC(=O)C1=C(CS(=O)c2ccccc2)NC(C)=C(C#N)C1c1ccccn1. The summed E-state index contributed by atoms with van der Waals surface area (Å²) in [4.78, 5) is 17.9. The van der Waals surface area contributed by atoms with Crippen molar-refractivity contribution in [2.75, 3.05) is 12.4 Å². The summed E-state index contributed by atoms with van der Waals surface area (Å²) < 4.78 is 18.2. The van der Waals surface area contributed by atoms with E-state index in [0.717, 1.165) is 0 Å². The maximum atomic E-state index is 12.9. The highest BCUT2D eigenvalue weighted by Crippen LogP contribution is 2.37. The Balaban J connectivity index is 2.11. The summed E-state index contributed by atoms with van der Waals surface area (Å²) >= 11 is 0. The zero-order valence-electron chi connectivity index (χ0n) is 16.2. The molecular weight excluding hydrogens is 386 g/mol. The average Bonchev–Trinajstić information content (AvgIpc) is 2.74. The van der Waals surface area contributed by atoms with Gasteiger partial charge in [0.1, 0.15) is 0 Å². The molecule has 1 aromatic carbocycles. The number of esters is 1. The third-order valence-corrected chi connectivity index (χ3v) is 5.87. The number of nitriles is 1. The van der Waals surface area contributed by atoms with Crippen molar-refractivity contribution in [1.82, 2.24) is 10.3 Å². The van der Waals surface area contributed by atoms with E-state index in [1.165, 1.54) is 0 Å². The summed E-state index contributed by atoms with van der Waals surface area (Å²) in [5, 5.41) is 12.9. The Kier molecular flexibility index (Phi) is 6.57. The number of pyridine rings is 1. The zero-order valence-corrected chi connectivity index (χ0v) is 17.0. The Bertz CT molecular complexity index is 1020. The van der Waals surface area contributed by atoms with Crippen molar-refractivity contribution in [3.05, 3.63) is 83.0 Å². The Morgan fingerprint density at radius 2 is 1.97 bits per heavy atom. The fourth-order valence-electron chi connectivity index (χ4n) is 3.24. The fraction of sp³-hybridized carbons (Fsp3) is 0.227. The molecule has 29 heavy (non-hydrogen) atoms. The molecule has 0 aliphatic carbocycles. The first-order valence-corrected chi connectivity index (χ1v) is 10.5.